The Morgan fingerprint density at radius 3 is 2.70 bits per heavy atom. The van der Waals surface area contributed by atoms with Crippen LogP contribution in [-0.4, -0.2) is 45.2 Å². The zero-order valence-electron chi connectivity index (χ0n) is 13.3. The number of amides is 1. The first-order valence-corrected chi connectivity index (χ1v) is 7.59. The molecule has 2 N–H and O–H groups in total. The minimum Gasteiger partial charge on any atom is -0.465 e. The van der Waals surface area contributed by atoms with E-state index in [-0.39, 0.29) is 5.54 Å². The van der Waals surface area contributed by atoms with Gasteiger partial charge in [0.1, 0.15) is 0 Å². The number of carbonyl (C=O) groups is 1. The summed E-state index contributed by atoms with van der Waals surface area (Å²) in [4.78, 5) is 21.1. The van der Waals surface area contributed by atoms with Crippen molar-refractivity contribution in [2.45, 2.75) is 25.3 Å². The van der Waals surface area contributed by atoms with Crippen LogP contribution >= 0.6 is 0 Å². The van der Waals surface area contributed by atoms with Crippen molar-refractivity contribution in [3.05, 3.63) is 42.5 Å². The van der Waals surface area contributed by atoms with E-state index in [4.69, 9.17) is 5.11 Å². The lowest BCUT2D eigenvalue weighted by molar-refractivity contribution is 0.135. The minimum absolute atomic E-state index is 0.284. The molecule has 6 heteroatoms. The van der Waals surface area contributed by atoms with Crippen molar-refractivity contribution in [1.29, 1.82) is 0 Å². The molecule has 120 valence electrons. The van der Waals surface area contributed by atoms with Gasteiger partial charge in [-0.3, -0.25) is 9.97 Å². The lowest BCUT2D eigenvalue weighted by atomic mass is 10.1. The Bertz CT molecular complexity index is 714. The van der Waals surface area contributed by atoms with Crippen molar-refractivity contribution in [2.24, 2.45) is 0 Å². The van der Waals surface area contributed by atoms with Crippen LogP contribution in [0.25, 0.3) is 11.1 Å². The van der Waals surface area contributed by atoms with Gasteiger partial charge < -0.3 is 15.3 Å². The second-order valence-electron chi connectivity index (χ2n) is 6.01. The van der Waals surface area contributed by atoms with E-state index in [1.54, 1.807) is 25.6 Å². The molecule has 23 heavy (non-hydrogen) atoms. The van der Waals surface area contributed by atoms with Gasteiger partial charge in [0.25, 0.3) is 0 Å². The quantitative estimate of drug-likeness (QED) is 0.887. The standard InChI is InChI=1S/C17H20N4O2/c1-12-15(13-3-7-18-8-4-13)9-14(10-19-12)20-11-17(5-6-17)21(2)16(22)23/h3-4,7-10,20H,5-6,11H2,1-2H3,(H,22,23). The molecule has 1 saturated carbocycles. The number of hydrogen-bond donors (Lipinski definition) is 2. The molecule has 1 aliphatic carbocycles. The Labute approximate surface area is 135 Å². The van der Waals surface area contributed by atoms with Gasteiger partial charge in [0.2, 0.25) is 0 Å². The number of likely N-dealkylation sites (N-methyl/N-ethyl adjacent to an activating group) is 1. The number of hydrogen-bond acceptors (Lipinski definition) is 4. The van der Waals surface area contributed by atoms with Crippen molar-refractivity contribution >= 4 is 11.8 Å². The Morgan fingerprint density at radius 2 is 2.09 bits per heavy atom. The first-order chi connectivity index (χ1) is 11.0. The van der Waals surface area contributed by atoms with Crippen LogP contribution in [0.3, 0.4) is 0 Å². The molecule has 0 bridgehead atoms. The van der Waals surface area contributed by atoms with Gasteiger partial charge in [-0.25, -0.2) is 4.79 Å². The third kappa shape index (κ3) is 3.11. The maximum Gasteiger partial charge on any atom is 0.407 e. The predicted octanol–water partition coefficient (Wildman–Crippen LogP) is 3.01. The van der Waals surface area contributed by atoms with Gasteiger partial charge in [-0.2, -0.15) is 0 Å². The molecule has 1 aliphatic rings. The SMILES string of the molecule is Cc1ncc(NCC2(N(C)C(=O)O)CC2)cc1-c1ccncc1. The lowest BCUT2D eigenvalue weighted by Gasteiger charge is -2.26. The number of pyridine rings is 2. The van der Waals surface area contributed by atoms with Gasteiger partial charge in [0, 0.05) is 37.2 Å². The fraction of sp³-hybridized carbons (Fsp3) is 0.353. The predicted molar refractivity (Wildman–Crippen MR) is 88.4 cm³/mol. The minimum atomic E-state index is -0.885. The average molecular weight is 312 g/mol. The molecule has 0 spiro atoms. The highest BCUT2D eigenvalue weighted by molar-refractivity contribution is 5.69. The van der Waals surface area contributed by atoms with E-state index in [1.165, 1.54) is 4.90 Å². The molecular formula is C17H20N4O2. The topological polar surface area (TPSA) is 78.4 Å². The molecule has 2 heterocycles. The highest BCUT2D eigenvalue weighted by atomic mass is 16.4. The van der Waals surface area contributed by atoms with Crippen molar-refractivity contribution in [1.82, 2.24) is 14.9 Å². The first-order valence-electron chi connectivity index (χ1n) is 7.59. The third-order valence-electron chi connectivity index (χ3n) is 4.53. The molecule has 6 nitrogen and oxygen atoms in total. The maximum absolute atomic E-state index is 11.2. The van der Waals surface area contributed by atoms with Gasteiger partial charge in [-0.15, -0.1) is 0 Å². The van der Waals surface area contributed by atoms with Crippen molar-refractivity contribution in [2.75, 3.05) is 18.9 Å². The zero-order chi connectivity index (χ0) is 16.4. The summed E-state index contributed by atoms with van der Waals surface area (Å²) in [6.45, 7) is 2.57. The molecule has 2 aromatic heterocycles. The van der Waals surface area contributed by atoms with E-state index in [1.807, 2.05) is 19.1 Å². The molecule has 1 fully saturated rings. The van der Waals surface area contributed by atoms with Crippen LogP contribution in [0.15, 0.2) is 36.8 Å². The molecule has 1 amide bonds. The summed E-state index contributed by atoms with van der Waals surface area (Å²) in [5, 5.41) is 12.5. The fourth-order valence-electron chi connectivity index (χ4n) is 2.70. The number of aromatic nitrogens is 2. The number of aryl methyl sites for hydroxylation is 1. The van der Waals surface area contributed by atoms with Crippen LogP contribution in [0.5, 0.6) is 0 Å². The summed E-state index contributed by atoms with van der Waals surface area (Å²) in [5.41, 5.74) is 3.68. The highest BCUT2D eigenvalue weighted by Gasteiger charge is 2.48. The van der Waals surface area contributed by atoms with E-state index >= 15 is 0 Å². The van der Waals surface area contributed by atoms with E-state index in [0.717, 1.165) is 35.3 Å². The van der Waals surface area contributed by atoms with E-state index < -0.39 is 6.09 Å². The maximum atomic E-state index is 11.2. The second-order valence-corrected chi connectivity index (χ2v) is 6.01. The smallest absolute Gasteiger partial charge is 0.407 e. The first kappa shape index (κ1) is 15.3. The molecule has 0 aromatic carbocycles. The van der Waals surface area contributed by atoms with Crippen LogP contribution < -0.4 is 5.32 Å². The fourth-order valence-corrected chi connectivity index (χ4v) is 2.70. The summed E-state index contributed by atoms with van der Waals surface area (Å²) in [6, 6.07) is 5.96. The highest BCUT2D eigenvalue weighted by Crippen LogP contribution is 2.41. The Hall–Kier alpha value is -2.63. The van der Waals surface area contributed by atoms with Gasteiger partial charge in [-0.1, -0.05) is 0 Å². The molecule has 2 aromatic rings. The molecule has 0 atom stereocenters. The van der Waals surface area contributed by atoms with Crippen LogP contribution in [0, 0.1) is 6.92 Å². The van der Waals surface area contributed by atoms with Gasteiger partial charge in [-0.05, 0) is 43.5 Å². The number of nitrogens with zero attached hydrogens (tertiary/aromatic N) is 3. The summed E-state index contributed by atoms with van der Waals surface area (Å²) in [5.74, 6) is 0. The second kappa shape index (κ2) is 5.87. The third-order valence-corrected chi connectivity index (χ3v) is 4.53. The Balaban J connectivity index is 1.76. The molecule has 0 unspecified atom stereocenters. The summed E-state index contributed by atoms with van der Waals surface area (Å²) < 4.78 is 0. The van der Waals surface area contributed by atoms with Crippen molar-refractivity contribution < 1.29 is 9.90 Å². The Kier molecular flexibility index (Phi) is 3.90. The van der Waals surface area contributed by atoms with Crippen LogP contribution in [-0.2, 0) is 0 Å². The summed E-state index contributed by atoms with van der Waals surface area (Å²) in [6.07, 6.45) is 6.20. The van der Waals surface area contributed by atoms with Gasteiger partial charge in [0.05, 0.1) is 17.4 Å². The van der Waals surface area contributed by atoms with E-state index in [2.05, 4.69) is 21.4 Å². The average Bonchev–Trinajstić information content (AvgIpc) is 3.35. The number of carboxylic acid groups (broad SMARTS) is 1. The van der Waals surface area contributed by atoms with Crippen LogP contribution in [0.4, 0.5) is 10.5 Å². The summed E-state index contributed by atoms with van der Waals surface area (Å²) >= 11 is 0. The molecule has 0 saturated heterocycles. The van der Waals surface area contributed by atoms with Crippen molar-refractivity contribution in [3.8, 4) is 11.1 Å². The van der Waals surface area contributed by atoms with Crippen LogP contribution in [0.2, 0.25) is 0 Å². The summed E-state index contributed by atoms with van der Waals surface area (Å²) in [7, 11) is 1.63. The number of nitrogens with one attached hydrogen (secondary N) is 1. The van der Waals surface area contributed by atoms with E-state index in [0.29, 0.717) is 6.54 Å². The lowest BCUT2D eigenvalue weighted by Crippen LogP contribution is -2.42. The molecular weight excluding hydrogens is 292 g/mol. The molecule has 0 radical (unpaired) electrons. The van der Waals surface area contributed by atoms with Gasteiger partial charge >= 0.3 is 6.09 Å². The largest absolute Gasteiger partial charge is 0.465 e. The van der Waals surface area contributed by atoms with Crippen LogP contribution in [0.1, 0.15) is 18.5 Å². The number of anilines is 1. The Morgan fingerprint density at radius 1 is 1.39 bits per heavy atom. The van der Waals surface area contributed by atoms with Gasteiger partial charge in [0.15, 0.2) is 0 Å². The normalized spacial score (nSPS) is 15.0. The molecule has 0 aliphatic heterocycles. The molecule has 3 rings (SSSR count). The zero-order valence-corrected chi connectivity index (χ0v) is 13.3. The van der Waals surface area contributed by atoms with Crippen molar-refractivity contribution in [3.63, 3.8) is 0 Å². The monoisotopic (exact) mass is 312 g/mol. The van der Waals surface area contributed by atoms with E-state index in [9.17, 15) is 4.79 Å². The number of rotatable bonds is 5.